The first-order chi connectivity index (χ1) is 8.60. The fraction of sp³-hybridized carbons (Fsp3) is 0.250. The minimum absolute atomic E-state index is 0.444. The highest BCUT2D eigenvalue weighted by atomic mass is 127. The van der Waals surface area contributed by atoms with E-state index < -0.39 is 44.5 Å². The lowest BCUT2D eigenvalue weighted by Crippen LogP contribution is -2.20. The van der Waals surface area contributed by atoms with Gasteiger partial charge in [-0.1, -0.05) is 0 Å². The number of ether oxygens (including phenoxy) is 1. The standard InChI is InChI=1S/C8H4F3IN2O5/c9-8(10,11)19-6-3(2-5(15)16)1-4(14(17)18)13-7(6)12/h1H,2H2,(H,15,16). The van der Waals surface area contributed by atoms with Gasteiger partial charge in [0, 0.05) is 34.2 Å². The lowest BCUT2D eigenvalue weighted by molar-refractivity contribution is -0.389. The Morgan fingerprint density at radius 2 is 2.16 bits per heavy atom. The Hall–Kier alpha value is -1.66. The van der Waals surface area contributed by atoms with Gasteiger partial charge in [0.1, 0.15) is 0 Å². The zero-order chi connectivity index (χ0) is 14.8. The summed E-state index contributed by atoms with van der Waals surface area (Å²) < 4.78 is 39.7. The molecule has 0 aliphatic heterocycles. The highest BCUT2D eigenvalue weighted by molar-refractivity contribution is 14.1. The molecule has 1 heterocycles. The van der Waals surface area contributed by atoms with Gasteiger partial charge in [0.2, 0.25) is 0 Å². The molecule has 0 aromatic carbocycles. The predicted octanol–water partition coefficient (Wildman–Crippen LogP) is 2.12. The second kappa shape index (κ2) is 5.54. The van der Waals surface area contributed by atoms with Crippen LogP contribution in [0, 0.1) is 13.8 Å². The number of aliphatic carboxylic acids is 1. The summed E-state index contributed by atoms with van der Waals surface area (Å²) in [4.78, 5) is 23.4. The molecular formula is C8H4F3IN2O5. The Labute approximate surface area is 116 Å². The van der Waals surface area contributed by atoms with Crippen LogP contribution in [0.1, 0.15) is 5.56 Å². The fourth-order valence-corrected chi connectivity index (χ4v) is 1.85. The average Bonchev–Trinajstić information content (AvgIpc) is 2.20. The van der Waals surface area contributed by atoms with Gasteiger partial charge in [0.05, 0.1) is 6.42 Å². The van der Waals surface area contributed by atoms with E-state index in [0.29, 0.717) is 6.07 Å². The van der Waals surface area contributed by atoms with Gasteiger partial charge in [-0.2, -0.15) is 0 Å². The van der Waals surface area contributed by atoms with Crippen molar-refractivity contribution in [3.63, 3.8) is 0 Å². The Bertz CT molecular complexity index is 534. The molecule has 0 radical (unpaired) electrons. The molecule has 1 N–H and O–H groups in total. The number of hydrogen-bond donors (Lipinski definition) is 1. The Morgan fingerprint density at radius 1 is 1.58 bits per heavy atom. The molecule has 7 nitrogen and oxygen atoms in total. The first-order valence-electron chi connectivity index (χ1n) is 4.41. The van der Waals surface area contributed by atoms with Gasteiger partial charge in [0.25, 0.3) is 3.70 Å². The van der Waals surface area contributed by atoms with Crippen molar-refractivity contribution in [2.45, 2.75) is 12.8 Å². The summed E-state index contributed by atoms with van der Waals surface area (Å²) in [6.45, 7) is 0. The van der Waals surface area contributed by atoms with Crippen molar-refractivity contribution >= 4 is 34.4 Å². The molecule has 11 heteroatoms. The maximum Gasteiger partial charge on any atom is 0.573 e. The van der Waals surface area contributed by atoms with E-state index in [9.17, 15) is 28.1 Å². The number of carboxylic acids is 1. The van der Waals surface area contributed by atoms with Gasteiger partial charge in [-0.05, 0) is 9.91 Å². The molecule has 0 spiro atoms. The molecule has 0 atom stereocenters. The van der Waals surface area contributed by atoms with Gasteiger partial charge in [-0.3, -0.25) is 4.79 Å². The zero-order valence-electron chi connectivity index (χ0n) is 8.77. The summed E-state index contributed by atoms with van der Waals surface area (Å²) >= 11 is 1.30. The van der Waals surface area contributed by atoms with E-state index in [1.807, 2.05) is 0 Å². The highest BCUT2D eigenvalue weighted by Gasteiger charge is 2.35. The average molecular weight is 392 g/mol. The summed E-state index contributed by atoms with van der Waals surface area (Å²) in [5, 5.41) is 19.1. The summed E-state index contributed by atoms with van der Waals surface area (Å²) in [5.41, 5.74) is -0.476. The van der Waals surface area contributed by atoms with Gasteiger partial charge >= 0.3 is 18.1 Å². The van der Waals surface area contributed by atoms with Crippen molar-refractivity contribution in [3.8, 4) is 5.75 Å². The number of aromatic nitrogens is 1. The number of rotatable bonds is 4. The van der Waals surface area contributed by atoms with Gasteiger partial charge in [0.15, 0.2) is 5.75 Å². The maximum absolute atomic E-state index is 12.2. The Morgan fingerprint density at radius 3 is 2.58 bits per heavy atom. The summed E-state index contributed by atoms with van der Waals surface area (Å²) in [5.74, 6) is -3.06. The molecule has 0 unspecified atom stereocenters. The third kappa shape index (κ3) is 4.50. The lowest BCUT2D eigenvalue weighted by Gasteiger charge is -2.11. The zero-order valence-corrected chi connectivity index (χ0v) is 10.9. The third-order valence-corrected chi connectivity index (χ3v) is 2.47. The van der Waals surface area contributed by atoms with Crippen LogP contribution in [0.25, 0.3) is 0 Å². The van der Waals surface area contributed by atoms with Crippen LogP contribution in [0.4, 0.5) is 19.0 Å². The van der Waals surface area contributed by atoms with Crippen molar-refractivity contribution in [2.75, 3.05) is 0 Å². The molecule has 0 aliphatic carbocycles. The second-order valence-corrected chi connectivity index (χ2v) is 4.16. The Kier molecular flexibility index (Phi) is 4.49. The van der Waals surface area contributed by atoms with Gasteiger partial charge in [-0.25, -0.2) is 0 Å². The molecular weight excluding hydrogens is 388 g/mol. The monoisotopic (exact) mass is 392 g/mol. The molecule has 0 fully saturated rings. The minimum atomic E-state index is -5.05. The van der Waals surface area contributed by atoms with Crippen LogP contribution < -0.4 is 4.74 Å². The summed E-state index contributed by atoms with van der Waals surface area (Å²) in [6, 6.07) is 0.636. The van der Waals surface area contributed by atoms with Crippen LogP contribution in [0.2, 0.25) is 0 Å². The first kappa shape index (κ1) is 15.4. The van der Waals surface area contributed by atoms with Crippen LogP contribution >= 0.6 is 22.6 Å². The predicted molar refractivity (Wildman–Crippen MR) is 61.6 cm³/mol. The fourth-order valence-electron chi connectivity index (χ4n) is 1.15. The van der Waals surface area contributed by atoms with Crippen molar-refractivity contribution in [2.24, 2.45) is 0 Å². The van der Waals surface area contributed by atoms with Crippen LogP contribution in [0.5, 0.6) is 5.75 Å². The van der Waals surface area contributed by atoms with E-state index in [-0.39, 0.29) is 0 Å². The topological polar surface area (TPSA) is 103 Å². The van der Waals surface area contributed by atoms with E-state index in [0.717, 1.165) is 0 Å². The van der Waals surface area contributed by atoms with Crippen LogP contribution in [-0.2, 0) is 11.2 Å². The molecule has 104 valence electrons. The number of nitro groups is 1. The molecule has 0 aliphatic rings. The Balaban J connectivity index is 3.34. The molecule has 1 aromatic rings. The largest absolute Gasteiger partial charge is 0.573 e. The molecule has 19 heavy (non-hydrogen) atoms. The van der Waals surface area contributed by atoms with Crippen molar-refractivity contribution < 1.29 is 32.7 Å². The molecule has 0 saturated heterocycles. The summed E-state index contributed by atoms with van der Waals surface area (Å²) in [7, 11) is 0. The van der Waals surface area contributed by atoms with Gasteiger partial charge < -0.3 is 20.0 Å². The SMILES string of the molecule is O=C(O)Cc1cc([N+](=O)[O-])nc(I)c1OC(F)(F)F. The number of alkyl halides is 3. The van der Waals surface area contributed by atoms with Crippen LogP contribution in [0.3, 0.4) is 0 Å². The van der Waals surface area contributed by atoms with Crippen LogP contribution in [0.15, 0.2) is 6.07 Å². The summed E-state index contributed by atoms with van der Waals surface area (Å²) in [6.07, 6.45) is -5.91. The van der Waals surface area contributed by atoms with E-state index in [1.54, 1.807) is 0 Å². The molecule has 1 aromatic heterocycles. The van der Waals surface area contributed by atoms with E-state index >= 15 is 0 Å². The molecule has 0 amide bonds. The number of pyridine rings is 1. The third-order valence-electron chi connectivity index (χ3n) is 1.74. The van der Waals surface area contributed by atoms with Crippen molar-refractivity contribution in [1.82, 2.24) is 4.98 Å². The van der Waals surface area contributed by atoms with E-state index in [2.05, 4.69) is 9.72 Å². The normalized spacial score (nSPS) is 11.2. The molecule has 1 rings (SSSR count). The van der Waals surface area contributed by atoms with Gasteiger partial charge in [-0.15, -0.1) is 13.2 Å². The second-order valence-electron chi connectivity index (χ2n) is 3.13. The van der Waals surface area contributed by atoms with E-state index in [1.165, 1.54) is 22.6 Å². The first-order valence-corrected chi connectivity index (χ1v) is 5.49. The molecule has 0 saturated carbocycles. The van der Waals surface area contributed by atoms with Crippen LogP contribution in [-0.4, -0.2) is 27.3 Å². The van der Waals surface area contributed by atoms with Crippen molar-refractivity contribution in [1.29, 1.82) is 0 Å². The number of nitrogens with zero attached hydrogens (tertiary/aromatic N) is 2. The minimum Gasteiger partial charge on any atom is -0.481 e. The maximum atomic E-state index is 12.2. The highest BCUT2D eigenvalue weighted by Crippen LogP contribution is 2.32. The van der Waals surface area contributed by atoms with Crippen molar-refractivity contribution in [3.05, 3.63) is 25.4 Å². The number of hydrogen-bond acceptors (Lipinski definition) is 5. The molecule has 0 bridgehead atoms. The quantitative estimate of drug-likeness (QED) is 0.365. The number of carbonyl (C=O) groups is 1. The smallest absolute Gasteiger partial charge is 0.481 e. The number of carboxylic acid groups (broad SMARTS) is 1. The van der Waals surface area contributed by atoms with E-state index in [4.69, 9.17) is 5.11 Å². The lowest BCUT2D eigenvalue weighted by atomic mass is 10.2. The number of halogens is 4.